The first-order chi connectivity index (χ1) is 7.31. The summed E-state index contributed by atoms with van der Waals surface area (Å²) in [5.41, 5.74) is 3.42. The fraction of sp³-hybridized carbons (Fsp3) is 0.200. The van der Waals surface area contributed by atoms with Crippen molar-refractivity contribution in [2.24, 2.45) is 0 Å². The van der Waals surface area contributed by atoms with E-state index in [4.69, 9.17) is 0 Å². The van der Waals surface area contributed by atoms with Gasteiger partial charge in [-0.3, -0.25) is 4.98 Å². The molecule has 1 unspecified atom stereocenters. The van der Waals surface area contributed by atoms with E-state index in [0.29, 0.717) is 0 Å². The van der Waals surface area contributed by atoms with Crippen LogP contribution in [0.4, 0.5) is 4.39 Å². The van der Waals surface area contributed by atoms with E-state index in [2.05, 4.69) is 15.3 Å². The van der Waals surface area contributed by atoms with Crippen LogP contribution in [-0.4, -0.2) is 17.0 Å². The lowest BCUT2D eigenvalue weighted by atomic mass is 10.1. The summed E-state index contributed by atoms with van der Waals surface area (Å²) in [6.45, 7) is 0. The van der Waals surface area contributed by atoms with Crippen LogP contribution in [-0.2, 0) is 0 Å². The molecule has 0 aliphatic carbocycles. The molecule has 15 heavy (non-hydrogen) atoms. The smallest absolute Gasteiger partial charge is 0.141 e. The third-order valence-corrected chi connectivity index (χ3v) is 2.70. The normalized spacial score (nSPS) is 12.7. The van der Waals surface area contributed by atoms with Crippen LogP contribution in [0.15, 0.2) is 29.4 Å². The first-order valence-corrected chi connectivity index (χ1v) is 5.41. The van der Waals surface area contributed by atoms with Gasteiger partial charge >= 0.3 is 0 Å². The van der Waals surface area contributed by atoms with Gasteiger partial charge in [0.2, 0.25) is 0 Å². The Kier molecular flexibility index (Phi) is 3.03. The number of thiazole rings is 1. The van der Waals surface area contributed by atoms with Gasteiger partial charge in [0.1, 0.15) is 5.82 Å². The molecule has 5 heteroatoms. The van der Waals surface area contributed by atoms with E-state index in [0.717, 1.165) is 11.3 Å². The predicted molar refractivity (Wildman–Crippen MR) is 57.2 cm³/mol. The maximum Gasteiger partial charge on any atom is 0.141 e. The van der Waals surface area contributed by atoms with Crippen LogP contribution in [0.1, 0.15) is 17.3 Å². The van der Waals surface area contributed by atoms with Gasteiger partial charge in [-0.2, -0.15) is 0 Å². The molecular weight excluding hydrogens is 213 g/mol. The van der Waals surface area contributed by atoms with Gasteiger partial charge in [0.15, 0.2) is 0 Å². The summed E-state index contributed by atoms with van der Waals surface area (Å²) < 4.78 is 13.0. The van der Waals surface area contributed by atoms with Gasteiger partial charge in [-0.15, -0.1) is 11.3 Å². The molecule has 0 aromatic carbocycles. The molecule has 2 heterocycles. The largest absolute Gasteiger partial charge is 0.308 e. The van der Waals surface area contributed by atoms with Gasteiger partial charge in [-0.25, -0.2) is 9.37 Å². The van der Waals surface area contributed by atoms with Crippen LogP contribution < -0.4 is 5.32 Å². The van der Waals surface area contributed by atoms with Crippen molar-refractivity contribution in [2.75, 3.05) is 7.05 Å². The average Bonchev–Trinajstić information content (AvgIpc) is 2.72. The van der Waals surface area contributed by atoms with Crippen LogP contribution in [0.25, 0.3) is 0 Å². The van der Waals surface area contributed by atoms with Gasteiger partial charge in [-0.05, 0) is 18.7 Å². The summed E-state index contributed by atoms with van der Waals surface area (Å²) in [6, 6.07) is 1.37. The molecule has 0 fully saturated rings. The maximum absolute atomic E-state index is 13.0. The molecule has 1 atom stereocenters. The van der Waals surface area contributed by atoms with Crippen molar-refractivity contribution in [3.05, 3.63) is 46.4 Å². The molecular formula is C10H10FN3S. The summed E-state index contributed by atoms with van der Waals surface area (Å²) in [7, 11) is 1.81. The minimum atomic E-state index is -0.331. The summed E-state index contributed by atoms with van der Waals surface area (Å²) in [5, 5.41) is 5.02. The van der Waals surface area contributed by atoms with Crippen LogP contribution >= 0.6 is 11.3 Å². The van der Waals surface area contributed by atoms with Crippen molar-refractivity contribution in [3.63, 3.8) is 0 Å². The summed E-state index contributed by atoms with van der Waals surface area (Å²) in [6.07, 6.45) is 2.83. The highest BCUT2D eigenvalue weighted by atomic mass is 32.1. The molecule has 2 rings (SSSR count). The van der Waals surface area contributed by atoms with Gasteiger partial charge in [0.05, 0.1) is 23.4 Å². The highest BCUT2D eigenvalue weighted by Crippen LogP contribution is 2.20. The zero-order valence-electron chi connectivity index (χ0n) is 8.14. The Bertz CT molecular complexity index is 430. The third-order valence-electron chi connectivity index (χ3n) is 2.10. The molecule has 1 N–H and O–H groups in total. The van der Waals surface area contributed by atoms with Crippen molar-refractivity contribution < 1.29 is 4.39 Å². The number of nitrogens with zero attached hydrogens (tertiary/aromatic N) is 2. The number of hydrogen-bond acceptors (Lipinski definition) is 4. The van der Waals surface area contributed by atoms with Crippen molar-refractivity contribution in [1.82, 2.24) is 15.3 Å². The van der Waals surface area contributed by atoms with Crippen LogP contribution in [0.3, 0.4) is 0 Å². The Morgan fingerprint density at radius 2 is 2.33 bits per heavy atom. The monoisotopic (exact) mass is 223 g/mol. The lowest BCUT2D eigenvalue weighted by molar-refractivity contribution is 0.606. The topological polar surface area (TPSA) is 37.8 Å². The SMILES string of the molecule is CNC(c1cncc(F)c1)c1cscn1. The number of halogens is 1. The van der Waals surface area contributed by atoms with Gasteiger partial charge in [0.25, 0.3) is 0 Å². The van der Waals surface area contributed by atoms with E-state index in [1.54, 1.807) is 11.7 Å². The van der Waals surface area contributed by atoms with Gasteiger partial charge in [-0.1, -0.05) is 0 Å². The van der Waals surface area contributed by atoms with Crippen molar-refractivity contribution in [2.45, 2.75) is 6.04 Å². The summed E-state index contributed by atoms with van der Waals surface area (Å²) in [4.78, 5) is 8.02. The second-order valence-electron chi connectivity index (χ2n) is 3.07. The minimum absolute atomic E-state index is 0.0977. The molecule has 78 valence electrons. The fourth-order valence-corrected chi connectivity index (χ4v) is 2.02. The minimum Gasteiger partial charge on any atom is -0.308 e. The highest BCUT2D eigenvalue weighted by molar-refractivity contribution is 7.07. The first-order valence-electron chi connectivity index (χ1n) is 4.47. The number of nitrogens with one attached hydrogen (secondary N) is 1. The number of hydrogen-bond donors (Lipinski definition) is 1. The maximum atomic E-state index is 13.0. The van der Waals surface area contributed by atoms with Crippen LogP contribution in [0.5, 0.6) is 0 Å². The van der Waals surface area contributed by atoms with E-state index in [1.807, 2.05) is 12.4 Å². The Morgan fingerprint density at radius 1 is 1.47 bits per heavy atom. The quantitative estimate of drug-likeness (QED) is 0.864. The molecule has 2 aromatic heterocycles. The van der Waals surface area contributed by atoms with E-state index in [-0.39, 0.29) is 11.9 Å². The summed E-state index contributed by atoms with van der Waals surface area (Å²) >= 11 is 1.52. The zero-order valence-corrected chi connectivity index (χ0v) is 8.96. The molecule has 0 saturated carbocycles. The molecule has 2 aromatic rings. The Labute approximate surface area is 91.0 Å². The van der Waals surface area contributed by atoms with Crippen molar-refractivity contribution in [3.8, 4) is 0 Å². The molecule has 0 spiro atoms. The van der Waals surface area contributed by atoms with E-state index in [1.165, 1.54) is 23.6 Å². The standard InChI is InChI=1S/C10H10FN3S/c1-12-10(9-5-15-6-14-9)7-2-8(11)4-13-3-7/h2-6,10,12H,1H3. The van der Waals surface area contributed by atoms with E-state index < -0.39 is 0 Å². The Morgan fingerprint density at radius 3 is 2.93 bits per heavy atom. The molecule has 0 aliphatic heterocycles. The lowest BCUT2D eigenvalue weighted by Crippen LogP contribution is -2.18. The Balaban J connectivity index is 2.35. The number of aromatic nitrogens is 2. The van der Waals surface area contributed by atoms with Gasteiger partial charge < -0.3 is 5.32 Å². The molecule has 0 amide bonds. The molecule has 0 bridgehead atoms. The predicted octanol–water partition coefficient (Wildman–Crippen LogP) is 1.99. The fourth-order valence-electron chi connectivity index (χ4n) is 1.44. The number of rotatable bonds is 3. The third kappa shape index (κ3) is 2.19. The zero-order chi connectivity index (χ0) is 10.7. The first kappa shape index (κ1) is 10.2. The summed E-state index contributed by atoms with van der Waals surface area (Å²) in [5.74, 6) is -0.331. The molecule has 0 saturated heterocycles. The highest BCUT2D eigenvalue weighted by Gasteiger charge is 2.14. The van der Waals surface area contributed by atoms with Crippen LogP contribution in [0.2, 0.25) is 0 Å². The van der Waals surface area contributed by atoms with E-state index >= 15 is 0 Å². The number of pyridine rings is 1. The van der Waals surface area contributed by atoms with Crippen molar-refractivity contribution in [1.29, 1.82) is 0 Å². The second kappa shape index (κ2) is 4.46. The molecule has 0 aliphatic rings. The lowest BCUT2D eigenvalue weighted by Gasteiger charge is -2.13. The average molecular weight is 223 g/mol. The van der Waals surface area contributed by atoms with Crippen LogP contribution in [0, 0.1) is 5.82 Å². The molecule has 0 radical (unpaired) electrons. The van der Waals surface area contributed by atoms with E-state index in [9.17, 15) is 4.39 Å². The Hall–Kier alpha value is -1.33. The van der Waals surface area contributed by atoms with Gasteiger partial charge in [0, 0.05) is 11.6 Å². The molecule has 3 nitrogen and oxygen atoms in total. The van der Waals surface area contributed by atoms with Crippen molar-refractivity contribution >= 4 is 11.3 Å². The second-order valence-corrected chi connectivity index (χ2v) is 3.79.